The van der Waals surface area contributed by atoms with Gasteiger partial charge in [-0.15, -0.1) is 0 Å². The summed E-state index contributed by atoms with van der Waals surface area (Å²) in [7, 11) is 9.73. The average molecular weight is 776 g/mol. The highest BCUT2D eigenvalue weighted by Crippen LogP contribution is 2.39. The Hall–Kier alpha value is -0.100. The van der Waals surface area contributed by atoms with Gasteiger partial charge in [-0.05, 0) is 107 Å². The highest BCUT2D eigenvalue weighted by Gasteiger charge is 2.49. The standard InChI is InChI=1S/C9H18BNO2S.C8H16BNO2S.C7H14BNO2S.C6H12BNO2S/c1-8(2)11-14(12,13)9(10)6-4-3-5-7-9;1-7(2)10-13(11,12)8(9)5-3-4-6-8;1-6(2)9-12(10,11)7(8)4-3-5-7;1-5(2)8-11(9,10)6(7)3-4-6/h8,11H,3-7H2,1-2H3;7,10H,3-6H2,1-2H3;6,9H,3-5H2,1-2H3;5,8H,3-4H2,1-2H3. The minimum atomic E-state index is -3.35. The molecule has 0 amide bonds. The van der Waals surface area contributed by atoms with Gasteiger partial charge in [-0.25, -0.2) is 52.6 Å². The molecule has 20 heteroatoms. The molecule has 0 aromatic rings. The topological polar surface area (TPSA) is 185 Å². The summed E-state index contributed by atoms with van der Waals surface area (Å²) in [6.45, 7) is 14.4. The highest BCUT2D eigenvalue weighted by atomic mass is 32.2. The molecule has 12 nitrogen and oxygen atoms in total. The minimum absolute atomic E-state index is 0.0685. The molecule has 4 rings (SSSR count). The molecule has 0 heterocycles. The van der Waals surface area contributed by atoms with Crippen molar-refractivity contribution in [2.45, 2.75) is 188 Å². The fraction of sp³-hybridized carbons (Fsp3) is 1.00. The van der Waals surface area contributed by atoms with Crippen LogP contribution in [0, 0.1) is 0 Å². The summed E-state index contributed by atoms with van der Waals surface area (Å²) in [5, 5.41) is 0. The van der Waals surface area contributed by atoms with E-state index in [2.05, 4.69) is 18.9 Å². The van der Waals surface area contributed by atoms with E-state index in [1.165, 1.54) is 0 Å². The molecule has 0 atom stereocenters. The first-order valence-electron chi connectivity index (χ1n) is 17.7. The predicted molar refractivity (Wildman–Crippen MR) is 207 cm³/mol. The summed E-state index contributed by atoms with van der Waals surface area (Å²) in [6, 6.07) is -0.301. The van der Waals surface area contributed by atoms with Gasteiger partial charge in [-0.3, -0.25) is 0 Å². The van der Waals surface area contributed by atoms with Gasteiger partial charge in [0.2, 0.25) is 40.1 Å². The van der Waals surface area contributed by atoms with Crippen molar-refractivity contribution in [3.8, 4) is 0 Å². The van der Waals surface area contributed by atoms with Crippen molar-refractivity contribution < 1.29 is 33.7 Å². The number of rotatable bonds is 12. The molecule has 0 unspecified atom stereocenters. The molecule has 0 saturated heterocycles. The van der Waals surface area contributed by atoms with E-state index in [0.717, 1.165) is 38.5 Å². The zero-order valence-corrected chi connectivity index (χ0v) is 34.7. The summed E-state index contributed by atoms with van der Waals surface area (Å²) in [5.74, 6) is 0. The second-order valence-corrected chi connectivity index (χ2v) is 23.7. The van der Waals surface area contributed by atoms with Crippen molar-refractivity contribution in [2.24, 2.45) is 0 Å². The molecule has 0 aromatic heterocycles. The number of sulfonamides is 4. The second-order valence-electron chi connectivity index (χ2n) is 15.5. The third-order valence-electron chi connectivity index (χ3n) is 8.80. The normalized spacial score (nSPS) is 22.3. The van der Waals surface area contributed by atoms with Crippen LogP contribution in [0.3, 0.4) is 0 Å². The van der Waals surface area contributed by atoms with E-state index >= 15 is 0 Å². The lowest BCUT2D eigenvalue weighted by Crippen LogP contribution is -2.53. The zero-order chi connectivity index (χ0) is 39.0. The molecule has 4 saturated carbocycles. The molecule has 0 bridgehead atoms. The Bertz CT molecular complexity index is 1500. The van der Waals surface area contributed by atoms with Gasteiger partial charge in [0.1, 0.15) is 0 Å². The zero-order valence-electron chi connectivity index (χ0n) is 31.4. The molecule has 4 aliphatic rings. The first-order valence-corrected chi connectivity index (χ1v) is 23.7. The number of nitrogens with one attached hydrogen (secondary N) is 4. The number of hydrogen-bond donors (Lipinski definition) is 4. The van der Waals surface area contributed by atoms with Crippen LogP contribution >= 0.6 is 0 Å². The smallest absolute Gasteiger partial charge is 0.209 e. The third kappa shape index (κ3) is 13.6. The maximum absolute atomic E-state index is 11.9. The Morgan fingerprint density at radius 2 is 0.520 bits per heavy atom. The van der Waals surface area contributed by atoms with Gasteiger partial charge in [0.25, 0.3) is 0 Å². The van der Waals surface area contributed by atoms with E-state index in [-0.39, 0.29) is 24.2 Å². The maximum Gasteiger partial charge on any atom is 0.209 e. The van der Waals surface area contributed by atoms with Crippen molar-refractivity contribution in [3.63, 3.8) is 0 Å². The van der Waals surface area contributed by atoms with Crippen molar-refractivity contribution in [1.82, 2.24) is 18.9 Å². The average Bonchev–Trinajstić information content (AvgIpc) is 3.52. The second kappa shape index (κ2) is 18.5. The van der Waals surface area contributed by atoms with Gasteiger partial charge in [0.15, 0.2) is 0 Å². The van der Waals surface area contributed by atoms with Crippen LogP contribution in [-0.2, 0) is 40.1 Å². The van der Waals surface area contributed by atoms with Crippen molar-refractivity contribution >= 4 is 71.5 Å². The predicted octanol–water partition coefficient (Wildman–Crippen LogP) is 2.23. The van der Waals surface area contributed by atoms with Crippen LogP contribution < -0.4 is 18.9 Å². The van der Waals surface area contributed by atoms with Crippen LogP contribution in [-0.4, -0.2) is 108 Å². The molecule has 8 radical (unpaired) electrons. The van der Waals surface area contributed by atoms with Gasteiger partial charge >= 0.3 is 0 Å². The fourth-order valence-electron chi connectivity index (χ4n) is 5.56. The van der Waals surface area contributed by atoms with Gasteiger partial charge in [0.05, 0.1) is 31.4 Å². The number of hydrogen-bond acceptors (Lipinski definition) is 8. The lowest BCUT2D eigenvalue weighted by atomic mass is 9.70. The summed E-state index contributed by atoms with van der Waals surface area (Å²) in [6.07, 6.45) is 10.3. The first kappa shape index (κ1) is 47.9. The molecule has 4 aliphatic carbocycles. The quantitative estimate of drug-likeness (QED) is 0.218. The van der Waals surface area contributed by atoms with E-state index in [1.54, 1.807) is 41.5 Å². The lowest BCUT2D eigenvalue weighted by Gasteiger charge is -2.38. The van der Waals surface area contributed by atoms with Crippen LogP contribution in [0.1, 0.15) is 145 Å². The van der Waals surface area contributed by atoms with Crippen LogP contribution in [0.5, 0.6) is 0 Å². The molecule has 0 aliphatic heterocycles. The van der Waals surface area contributed by atoms with Crippen molar-refractivity contribution in [2.75, 3.05) is 0 Å². The van der Waals surface area contributed by atoms with Crippen molar-refractivity contribution in [3.05, 3.63) is 0 Å². The van der Waals surface area contributed by atoms with Crippen LogP contribution in [0.4, 0.5) is 0 Å². The Kier molecular flexibility index (Phi) is 17.7. The van der Waals surface area contributed by atoms with Crippen LogP contribution in [0.2, 0.25) is 0 Å². The summed E-state index contributed by atoms with van der Waals surface area (Å²) in [5.41, 5.74) is 0. The molecular weight excluding hydrogens is 716 g/mol. The van der Waals surface area contributed by atoms with Gasteiger partial charge in [-0.1, -0.05) is 38.5 Å². The molecule has 4 N–H and O–H groups in total. The molecular formula is C30H60B4N4O8S4. The fourth-order valence-corrected chi connectivity index (χ4v) is 12.1. The van der Waals surface area contributed by atoms with E-state index in [0.29, 0.717) is 51.4 Å². The van der Waals surface area contributed by atoms with E-state index in [4.69, 9.17) is 31.4 Å². The Balaban J connectivity index is 0.000000335. The molecule has 50 heavy (non-hydrogen) atoms. The Morgan fingerprint density at radius 3 is 0.680 bits per heavy atom. The molecule has 4 fully saturated rings. The minimum Gasteiger partial charge on any atom is -0.213 e. The lowest BCUT2D eigenvalue weighted by molar-refractivity contribution is 0.427. The monoisotopic (exact) mass is 776 g/mol. The summed E-state index contributed by atoms with van der Waals surface area (Å²) < 4.78 is 98.9. The van der Waals surface area contributed by atoms with E-state index in [9.17, 15) is 33.7 Å². The van der Waals surface area contributed by atoms with E-state index in [1.807, 2.05) is 13.8 Å². The maximum atomic E-state index is 11.9. The Morgan fingerprint density at radius 1 is 0.340 bits per heavy atom. The molecule has 0 aromatic carbocycles. The third-order valence-corrected chi connectivity index (χ3v) is 17.8. The Labute approximate surface area is 310 Å². The first-order chi connectivity index (χ1) is 22.5. The highest BCUT2D eigenvalue weighted by molar-refractivity contribution is 7.93. The van der Waals surface area contributed by atoms with Crippen LogP contribution in [0.15, 0.2) is 0 Å². The largest absolute Gasteiger partial charge is 0.213 e. The summed E-state index contributed by atoms with van der Waals surface area (Å²) in [4.78, 5) is 0. The van der Waals surface area contributed by atoms with Crippen molar-refractivity contribution in [1.29, 1.82) is 0 Å². The molecule has 0 spiro atoms. The van der Waals surface area contributed by atoms with E-state index < -0.39 is 58.7 Å². The summed E-state index contributed by atoms with van der Waals surface area (Å²) >= 11 is 0. The van der Waals surface area contributed by atoms with Gasteiger partial charge < -0.3 is 0 Å². The van der Waals surface area contributed by atoms with Crippen LogP contribution in [0.25, 0.3) is 0 Å². The van der Waals surface area contributed by atoms with Gasteiger partial charge in [0, 0.05) is 42.8 Å². The van der Waals surface area contributed by atoms with Gasteiger partial charge in [-0.2, -0.15) is 0 Å². The SMILES string of the molecule is [B]C1(S(=O)(=O)NC(C)C)CC1.[B]C1(S(=O)(=O)NC(C)C)CCC1.[B]C1(S(=O)(=O)NC(C)C)CCCC1.[B]C1(S(=O)(=O)NC(C)C)CCCCC1. The molecule has 284 valence electrons.